The van der Waals surface area contributed by atoms with Gasteiger partial charge in [-0.3, -0.25) is 4.79 Å². The van der Waals surface area contributed by atoms with Crippen LogP contribution >= 0.6 is 0 Å². The highest BCUT2D eigenvalue weighted by Crippen LogP contribution is 2.27. The van der Waals surface area contributed by atoms with Gasteiger partial charge in [0.25, 0.3) is 0 Å². The van der Waals surface area contributed by atoms with Crippen molar-refractivity contribution in [1.82, 2.24) is 14.5 Å². The van der Waals surface area contributed by atoms with Crippen molar-refractivity contribution in [1.29, 1.82) is 0 Å². The van der Waals surface area contributed by atoms with E-state index in [4.69, 9.17) is 4.74 Å². The van der Waals surface area contributed by atoms with Crippen LogP contribution in [0.3, 0.4) is 0 Å². The molecule has 7 nitrogen and oxygen atoms in total. The van der Waals surface area contributed by atoms with Gasteiger partial charge in [0.1, 0.15) is 5.69 Å². The van der Waals surface area contributed by atoms with Crippen molar-refractivity contribution >= 4 is 16.9 Å². The third kappa shape index (κ3) is 3.73. The number of para-hydroxylation sites is 1. The summed E-state index contributed by atoms with van der Waals surface area (Å²) >= 11 is 0. The minimum atomic E-state index is -0.699. The van der Waals surface area contributed by atoms with E-state index in [1.54, 1.807) is 12.1 Å². The zero-order chi connectivity index (χ0) is 20.5. The number of rotatable bonds is 4. The number of nitrogens with zero attached hydrogens (tertiary/aromatic N) is 3. The van der Waals surface area contributed by atoms with Crippen LogP contribution in [0, 0.1) is 5.82 Å². The minimum absolute atomic E-state index is 0.0291. The molecule has 1 fully saturated rings. The lowest BCUT2D eigenvalue weighted by Crippen LogP contribution is -2.42. The van der Waals surface area contributed by atoms with Crippen molar-refractivity contribution in [2.75, 3.05) is 18.5 Å². The Bertz CT molecular complexity index is 1100. The lowest BCUT2D eigenvalue weighted by Gasteiger charge is -2.28. The second-order valence-corrected chi connectivity index (χ2v) is 7.45. The van der Waals surface area contributed by atoms with E-state index < -0.39 is 11.9 Å². The van der Waals surface area contributed by atoms with E-state index in [1.165, 1.54) is 6.07 Å². The zero-order valence-electron chi connectivity index (χ0n) is 16.3. The molecule has 0 saturated carbocycles. The Morgan fingerprint density at radius 2 is 2.14 bits per heavy atom. The van der Waals surface area contributed by atoms with E-state index in [9.17, 15) is 14.3 Å². The van der Waals surface area contributed by atoms with Gasteiger partial charge in [0.05, 0.1) is 36.2 Å². The molecule has 8 heteroatoms. The summed E-state index contributed by atoms with van der Waals surface area (Å²) in [4.78, 5) is 21.0. The molecule has 0 unspecified atom stereocenters. The maximum absolute atomic E-state index is 14.7. The molecule has 1 aliphatic heterocycles. The van der Waals surface area contributed by atoms with Gasteiger partial charge in [0, 0.05) is 24.1 Å². The minimum Gasteiger partial charge on any atom is -0.389 e. The van der Waals surface area contributed by atoms with Crippen LogP contribution < -0.4 is 10.7 Å². The number of hydrogen-bond donors (Lipinski definition) is 2. The Morgan fingerprint density at radius 3 is 2.90 bits per heavy atom. The summed E-state index contributed by atoms with van der Waals surface area (Å²) in [5.74, 6) is -0.421. The predicted octanol–water partition coefficient (Wildman–Crippen LogP) is 2.74. The van der Waals surface area contributed by atoms with Crippen molar-refractivity contribution in [2.24, 2.45) is 0 Å². The van der Waals surface area contributed by atoms with E-state index in [0.29, 0.717) is 24.1 Å². The molecule has 2 atom stereocenters. The zero-order valence-corrected chi connectivity index (χ0v) is 16.3. The van der Waals surface area contributed by atoms with Crippen LogP contribution in [0.1, 0.15) is 26.3 Å². The summed E-state index contributed by atoms with van der Waals surface area (Å²) in [6.45, 7) is 4.68. The number of halogens is 1. The fourth-order valence-electron chi connectivity index (χ4n) is 3.71. The number of ether oxygens (including phenoxy) is 1. The van der Waals surface area contributed by atoms with Gasteiger partial charge < -0.3 is 19.7 Å². The van der Waals surface area contributed by atoms with Gasteiger partial charge in [-0.05, 0) is 32.4 Å². The number of nitrogens with one attached hydrogen (secondary N) is 1. The fraction of sp³-hybridized carbons (Fsp3) is 0.381. The smallest absolute Gasteiger partial charge is 0.223 e. The van der Waals surface area contributed by atoms with E-state index in [2.05, 4.69) is 15.3 Å². The number of aromatic nitrogens is 3. The number of hydrogen-bond acceptors (Lipinski definition) is 6. The van der Waals surface area contributed by atoms with Crippen LogP contribution in [0.5, 0.6) is 0 Å². The Labute approximate surface area is 167 Å². The highest BCUT2D eigenvalue weighted by Gasteiger charge is 2.25. The second-order valence-electron chi connectivity index (χ2n) is 7.45. The molecule has 0 spiro atoms. The van der Waals surface area contributed by atoms with Gasteiger partial charge in [0.15, 0.2) is 11.2 Å². The van der Waals surface area contributed by atoms with Crippen LogP contribution in [0.4, 0.5) is 10.3 Å². The molecule has 3 aromatic rings. The van der Waals surface area contributed by atoms with E-state index in [1.807, 2.05) is 30.5 Å². The first kappa shape index (κ1) is 19.5. The molecule has 1 saturated heterocycles. The van der Waals surface area contributed by atoms with Crippen LogP contribution in [0.15, 0.2) is 41.3 Å². The SMILES string of the molecule is CC(C)n1c(-c2nc(N[C@@H]3CCOC[C@H]3O)ncc2F)cc(=O)c2ccccc21. The Kier molecular flexibility index (Phi) is 5.29. The predicted molar refractivity (Wildman–Crippen MR) is 108 cm³/mol. The third-order valence-electron chi connectivity index (χ3n) is 5.10. The van der Waals surface area contributed by atoms with E-state index >= 15 is 0 Å². The van der Waals surface area contributed by atoms with Crippen molar-refractivity contribution in [3.8, 4) is 11.4 Å². The van der Waals surface area contributed by atoms with Gasteiger partial charge in [-0.25, -0.2) is 14.4 Å². The van der Waals surface area contributed by atoms with Crippen molar-refractivity contribution < 1.29 is 14.2 Å². The number of aliphatic hydroxyl groups excluding tert-OH is 1. The highest BCUT2D eigenvalue weighted by molar-refractivity contribution is 5.82. The van der Waals surface area contributed by atoms with Gasteiger partial charge in [-0.2, -0.15) is 0 Å². The lowest BCUT2D eigenvalue weighted by molar-refractivity contribution is -0.0136. The largest absolute Gasteiger partial charge is 0.389 e. The molecule has 4 rings (SSSR count). The monoisotopic (exact) mass is 398 g/mol. The topological polar surface area (TPSA) is 89.3 Å². The second kappa shape index (κ2) is 7.88. The Morgan fingerprint density at radius 1 is 1.34 bits per heavy atom. The summed E-state index contributed by atoms with van der Waals surface area (Å²) in [6, 6.07) is 8.36. The van der Waals surface area contributed by atoms with Gasteiger partial charge in [-0.1, -0.05) is 12.1 Å². The first-order chi connectivity index (χ1) is 14.0. The number of fused-ring (bicyclic) bond motifs is 1. The molecule has 1 aliphatic rings. The molecule has 0 amide bonds. The summed E-state index contributed by atoms with van der Waals surface area (Å²) in [5.41, 5.74) is 0.956. The van der Waals surface area contributed by atoms with E-state index in [-0.39, 0.29) is 35.8 Å². The molecular formula is C21H23FN4O3. The summed E-state index contributed by atoms with van der Waals surface area (Å²) in [7, 11) is 0. The molecule has 1 aromatic carbocycles. The lowest BCUT2D eigenvalue weighted by atomic mass is 10.1. The van der Waals surface area contributed by atoms with Crippen LogP contribution in [-0.2, 0) is 4.74 Å². The average Bonchev–Trinajstić information content (AvgIpc) is 2.71. The summed E-state index contributed by atoms with van der Waals surface area (Å²) in [6.07, 6.45) is 0.973. The molecule has 0 bridgehead atoms. The van der Waals surface area contributed by atoms with Crippen LogP contribution in [-0.4, -0.2) is 45.0 Å². The maximum Gasteiger partial charge on any atom is 0.223 e. The van der Waals surface area contributed by atoms with E-state index in [0.717, 1.165) is 11.7 Å². The molecule has 2 aromatic heterocycles. The number of benzene rings is 1. The highest BCUT2D eigenvalue weighted by atomic mass is 19.1. The standard InChI is InChI=1S/C21H23FN4O3/c1-12(2)26-16-6-4-3-5-13(16)18(27)9-17(26)20-14(22)10-23-21(25-20)24-15-7-8-29-11-19(15)28/h3-6,9-10,12,15,19,28H,7-8,11H2,1-2H3,(H,23,24,25)/t15-,19-/m1/s1. The van der Waals surface area contributed by atoms with Crippen molar-refractivity contribution in [2.45, 2.75) is 38.5 Å². The number of pyridine rings is 1. The van der Waals surface area contributed by atoms with Crippen LogP contribution in [0.2, 0.25) is 0 Å². The average molecular weight is 398 g/mol. The van der Waals surface area contributed by atoms with Crippen LogP contribution in [0.25, 0.3) is 22.3 Å². The molecule has 152 valence electrons. The quantitative estimate of drug-likeness (QED) is 0.703. The van der Waals surface area contributed by atoms with Crippen molar-refractivity contribution in [3.05, 3.63) is 52.6 Å². The molecular weight excluding hydrogens is 375 g/mol. The Balaban J connectivity index is 1.83. The van der Waals surface area contributed by atoms with Gasteiger partial charge in [-0.15, -0.1) is 0 Å². The maximum atomic E-state index is 14.7. The number of anilines is 1. The number of aliphatic hydroxyl groups is 1. The summed E-state index contributed by atoms with van der Waals surface area (Å²) in [5, 5.41) is 13.7. The van der Waals surface area contributed by atoms with Gasteiger partial charge >= 0.3 is 0 Å². The first-order valence-corrected chi connectivity index (χ1v) is 9.65. The van der Waals surface area contributed by atoms with Crippen molar-refractivity contribution in [3.63, 3.8) is 0 Å². The molecule has 29 heavy (non-hydrogen) atoms. The third-order valence-corrected chi connectivity index (χ3v) is 5.10. The summed E-state index contributed by atoms with van der Waals surface area (Å²) < 4.78 is 21.9. The fourth-order valence-corrected chi connectivity index (χ4v) is 3.71. The van der Waals surface area contributed by atoms with Gasteiger partial charge in [0.2, 0.25) is 5.95 Å². The molecule has 2 N–H and O–H groups in total. The normalized spacial score (nSPS) is 19.6. The molecule has 3 heterocycles. The first-order valence-electron chi connectivity index (χ1n) is 9.65. The Hall–Kier alpha value is -2.84. The molecule has 0 radical (unpaired) electrons. The molecule has 0 aliphatic carbocycles.